The number of nitrogens with zero attached hydrogens (tertiary/aromatic N) is 1. The van der Waals surface area contributed by atoms with Gasteiger partial charge in [-0.25, -0.2) is 0 Å². The Morgan fingerprint density at radius 2 is 1.54 bits per heavy atom. The third-order valence-electron chi connectivity index (χ3n) is 0.792. The van der Waals surface area contributed by atoms with Crippen LogP contribution in [0.1, 0.15) is 0 Å². The van der Waals surface area contributed by atoms with Crippen molar-refractivity contribution in [3.05, 3.63) is 35.8 Å². The first-order valence-corrected chi connectivity index (χ1v) is 5.99. The molecule has 0 atom stereocenters. The summed E-state index contributed by atoms with van der Waals surface area (Å²) in [5, 5.41) is 10.2. The van der Waals surface area contributed by atoms with E-state index in [9.17, 15) is 5.21 Å². The van der Waals surface area contributed by atoms with E-state index in [4.69, 9.17) is 34.8 Å². The summed E-state index contributed by atoms with van der Waals surface area (Å²) in [6.45, 7) is 0. The van der Waals surface area contributed by atoms with Gasteiger partial charge in [-0.05, 0) is 10.8 Å². The molecule has 0 bridgehead atoms. The predicted molar refractivity (Wildman–Crippen MR) is 62.3 cm³/mol. The van der Waals surface area contributed by atoms with E-state index in [1.807, 2.05) is 0 Å². The smallest absolute Gasteiger partial charge is 0.247 e. The highest BCUT2D eigenvalue weighted by Gasteiger charge is 2.16. The molecule has 2 nitrogen and oxygen atoms in total. The molecular formula is C6H6Cl3NOS2. The van der Waals surface area contributed by atoms with Crippen molar-refractivity contribution in [2.75, 3.05) is 0 Å². The molecule has 0 radical (unpaired) electrons. The molecule has 13 heavy (non-hydrogen) atoms. The highest BCUT2D eigenvalue weighted by Crippen LogP contribution is 2.40. The van der Waals surface area contributed by atoms with Crippen LogP contribution in [-0.4, -0.2) is 3.12 Å². The summed E-state index contributed by atoms with van der Waals surface area (Å²) in [4.78, 5) is 0. The maximum atomic E-state index is 10.2. The molecule has 0 aromatic carbocycles. The lowest BCUT2D eigenvalue weighted by Crippen LogP contribution is -2.22. The summed E-state index contributed by atoms with van der Waals surface area (Å²) < 4.78 is -0.511. The van der Waals surface area contributed by atoms with Crippen molar-refractivity contribution in [1.82, 2.24) is 0 Å². The molecule has 0 N–H and O–H groups in total. The monoisotopic (exact) mass is 277 g/mol. The zero-order valence-corrected chi connectivity index (χ0v) is 10.2. The van der Waals surface area contributed by atoms with E-state index in [0.29, 0.717) is 0 Å². The number of thiol groups is 1. The van der Waals surface area contributed by atoms with E-state index in [-0.39, 0.29) is 0 Å². The van der Waals surface area contributed by atoms with Gasteiger partial charge < -0.3 is 5.21 Å². The first kappa shape index (κ1) is 13.5. The zero-order valence-electron chi connectivity index (χ0n) is 6.23. The second-order valence-electron chi connectivity index (χ2n) is 1.77. The van der Waals surface area contributed by atoms with E-state index in [1.165, 1.54) is 12.4 Å². The maximum absolute atomic E-state index is 10.2. The molecule has 0 aliphatic rings. The van der Waals surface area contributed by atoms with Crippen LogP contribution in [0.2, 0.25) is 0 Å². The van der Waals surface area contributed by atoms with Crippen molar-refractivity contribution < 1.29 is 4.73 Å². The second-order valence-corrected chi connectivity index (χ2v) is 6.07. The van der Waals surface area contributed by atoms with Crippen molar-refractivity contribution in [3.63, 3.8) is 0 Å². The van der Waals surface area contributed by atoms with Gasteiger partial charge in [-0.1, -0.05) is 40.9 Å². The minimum atomic E-state index is -1.26. The van der Waals surface area contributed by atoms with Crippen LogP contribution in [0.15, 0.2) is 30.6 Å². The van der Waals surface area contributed by atoms with Gasteiger partial charge in [0.25, 0.3) is 0 Å². The standard InChI is InChI=1S/C5H5NO.CHCl3S2/c7-6-4-2-1-3-5-6;2-1(3,4)6-5/h1-5H;5H. The highest BCUT2D eigenvalue weighted by atomic mass is 35.6. The van der Waals surface area contributed by atoms with E-state index in [1.54, 1.807) is 18.2 Å². The molecule has 1 aromatic rings. The highest BCUT2D eigenvalue weighted by molar-refractivity contribution is 8.70. The summed E-state index contributed by atoms with van der Waals surface area (Å²) in [5.41, 5.74) is 0. The Hall–Kier alpha value is 0.520. The second kappa shape index (κ2) is 6.90. The number of pyridine rings is 1. The fourth-order valence-electron chi connectivity index (χ4n) is 0.383. The topological polar surface area (TPSA) is 26.9 Å². The van der Waals surface area contributed by atoms with Crippen LogP contribution in [0, 0.1) is 5.21 Å². The van der Waals surface area contributed by atoms with Crippen LogP contribution in [0.25, 0.3) is 0 Å². The number of alkyl halides is 3. The van der Waals surface area contributed by atoms with Crippen molar-refractivity contribution in [2.24, 2.45) is 0 Å². The molecule has 0 unspecified atom stereocenters. The number of aromatic nitrogens is 1. The van der Waals surface area contributed by atoms with Crippen molar-refractivity contribution >= 4 is 57.3 Å². The largest absolute Gasteiger partial charge is 0.619 e. The van der Waals surface area contributed by atoms with Gasteiger partial charge in [0.2, 0.25) is 3.12 Å². The molecule has 0 amide bonds. The molecule has 7 heteroatoms. The molecule has 0 spiro atoms. The van der Waals surface area contributed by atoms with Gasteiger partial charge in [-0.15, -0.1) is 11.7 Å². The van der Waals surface area contributed by atoms with Crippen LogP contribution in [0.4, 0.5) is 0 Å². The third kappa shape index (κ3) is 10.4. The fourth-order valence-corrected chi connectivity index (χ4v) is 0.383. The Kier molecular flexibility index (Phi) is 7.17. The molecule has 1 heterocycles. The van der Waals surface area contributed by atoms with E-state index in [2.05, 4.69) is 11.7 Å². The summed E-state index contributed by atoms with van der Waals surface area (Å²) in [5.74, 6) is 0. The van der Waals surface area contributed by atoms with Crippen LogP contribution >= 0.6 is 57.3 Å². The van der Waals surface area contributed by atoms with Gasteiger partial charge in [0.1, 0.15) is 0 Å². The average Bonchev–Trinajstić information content (AvgIpc) is 2.06. The lowest BCUT2D eigenvalue weighted by Gasteiger charge is -2.00. The Morgan fingerprint density at radius 3 is 1.69 bits per heavy atom. The first-order valence-electron chi connectivity index (χ1n) is 2.99. The molecule has 0 aliphatic heterocycles. The van der Waals surface area contributed by atoms with E-state index in [0.717, 1.165) is 15.5 Å². The lowest BCUT2D eigenvalue weighted by molar-refractivity contribution is -0.605. The lowest BCUT2D eigenvalue weighted by atomic mass is 10.5. The van der Waals surface area contributed by atoms with Gasteiger partial charge in [0.15, 0.2) is 12.4 Å². The van der Waals surface area contributed by atoms with Gasteiger partial charge >= 0.3 is 0 Å². The molecule has 1 aromatic heterocycles. The zero-order chi connectivity index (χ0) is 10.3. The Balaban J connectivity index is 0.000000226. The summed E-state index contributed by atoms with van der Waals surface area (Å²) in [6.07, 6.45) is 2.89. The molecule has 74 valence electrons. The average molecular weight is 279 g/mol. The van der Waals surface area contributed by atoms with Crippen LogP contribution < -0.4 is 4.73 Å². The Labute approximate surface area is 101 Å². The number of rotatable bonds is 0. The van der Waals surface area contributed by atoms with E-state index < -0.39 is 3.12 Å². The van der Waals surface area contributed by atoms with Gasteiger partial charge in [0.05, 0.1) is 0 Å². The van der Waals surface area contributed by atoms with E-state index >= 15 is 0 Å². The number of halogens is 3. The van der Waals surface area contributed by atoms with Gasteiger partial charge in [-0.2, -0.15) is 4.73 Å². The van der Waals surface area contributed by atoms with Crippen molar-refractivity contribution in [2.45, 2.75) is 3.12 Å². The summed E-state index contributed by atoms with van der Waals surface area (Å²) >= 11 is 19.0. The molecular weight excluding hydrogens is 273 g/mol. The predicted octanol–water partition coefficient (Wildman–Crippen LogP) is 3.21. The molecule has 0 fully saturated rings. The Morgan fingerprint density at radius 1 is 1.15 bits per heavy atom. The maximum Gasteiger partial charge on any atom is 0.247 e. The minimum absolute atomic E-state index is 0.750. The van der Waals surface area contributed by atoms with Gasteiger partial charge in [0, 0.05) is 12.1 Å². The normalized spacial score (nSPS) is 10.2. The minimum Gasteiger partial charge on any atom is -0.619 e. The molecule has 0 aliphatic carbocycles. The van der Waals surface area contributed by atoms with Crippen LogP contribution in [0.5, 0.6) is 0 Å². The molecule has 0 saturated heterocycles. The molecule has 1 rings (SSSR count). The quantitative estimate of drug-likeness (QED) is 0.259. The fraction of sp³-hybridized carbons (Fsp3) is 0.167. The summed E-state index contributed by atoms with van der Waals surface area (Å²) in [7, 11) is 0.873. The third-order valence-corrected chi connectivity index (χ3v) is 3.48. The number of hydrogen-bond acceptors (Lipinski definition) is 3. The van der Waals surface area contributed by atoms with Crippen molar-refractivity contribution in [3.8, 4) is 0 Å². The van der Waals surface area contributed by atoms with Crippen LogP contribution in [-0.2, 0) is 0 Å². The SMILES string of the molecule is SSC(Cl)(Cl)Cl.[O-][n+]1ccccc1. The number of hydrogen-bond donors (Lipinski definition) is 1. The summed E-state index contributed by atoms with van der Waals surface area (Å²) in [6, 6.07) is 5.18. The van der Waals surface area contributed by atoms with Crippen LogP contribution in [0.3, 0.4) is 0 Å². The Bertz CT molecular complexity index is 229. The first-order chi connectivity index (χ1) is 5.95. The van der Waals surface area contributed by atoms with Crippen molar-refractivity contribution in [1.29, 1.82) is 0 Å². The van der Waals surface area contributed by atoms with Gasteiger partial charge in [-0.3, -0.25) is 0 Å². The molecule has 0 saturated carbocycles.